The fourth-order valence-electron chi connectivity index (χ4n) is 2.72. The van der Waals surface area contributed by atoms with E-state index in [4.69, 9.17) is 4.74 Å². The molecule has 1 unspecified atom stereocenters. The van der Waals surface area contributed by atoms with Crippen molar-refractivity contribution >= 4 is 23.9 Å². The van der Waals surface area contributed by atoms with Crippen molar-refractivity contribution in [1.29, 1.82) is 0 Å². The molecule has 8 nitrogen and oxygen atoms in total. The topological polar surface area (TPSA) is 90.6 Å². The zero-order chi connectivity index (χ0) is 16.2. The number of H-pyrrole nitrogens is 1. The molecule has 1 aromatic heterocycles. The van der Waals surface area contributed by atoms with E-state index in [-0.39, 0.29) is 18.2 Å². The summed E-state index contributed by atoms with van der Waals surface area (Å²) in [5.74, 6) is 1.68. The van der Waals surface area contributed by atoms with Crippen LogP contribution in [0.25, 0.3) is 0 Å². The van der Waals surface area contributed by atoms with Gasteiger partial charge in [0, 0.05) is 43.4 Å². The van der Waals surface area contributed by atoms with Crippen LogP contribution >= 0.6 is 11.8 Å². The molecule has 1 atom stereocenters. The lowest BCUT2D eigenvalue weighted by Crippen LogP contribution is -2.56. The van der Waals surface area contributed by atoms with E-state index in [1.54, 1.807) is 27.9 Å². The maximum absolute atomic E-state index is 12.2. The predicted molar refractivity (Wildman–Crippen MR) is 86.3 cm³/mol. The number of carbonyl (C=O) groups is 2. The van der Waals surface area contributed by atoms with Crippen molar-refractivity contribution in [3.8, 4) is 0 Å². The summed E-state index contributed by atoms with van der Waals surface area (Å²) in [7, 11) is 0. The summed E-state index contributed by atoms with van der Waals surface area (Å²) >= 11 is 1.74. The lowest BCUT2D eigenvalue weighted by atomic mass is 10.2. The Hall–Kier alpha value is -1.90. The van der Waals surface area contributed by atoms with Crippen molar-refractivity contribution in [3.63, 3.8) is 0 Å². The molecule has 1 aromatic rings. The van der Waals surface area contributed by atoms with Crippen molar-refractivity contribution < 1.29 is 14.3 Å². The Morgan fingerprint density at radius 2 is 2.43 bits per heavy atom. The van der Waals surface area contributed by atoms with Crippen LogP contribution in [0.15, 0.2) is 6.33 Å². The lowest BCUT2D eigenvalue weighted by Gasteiger charge is -2.35. The molecule has 2 aliphatic rings. The Morgan fingerprint density at radius 3 is 3.22 bits per heavy atom. The second-order valence-corrected chi connectivity index (χ2v) is 6.73. The van der Waals surface area contributed by atoms with Crippen LogP contribution in [0, 0.1) is 6.92 Å². The molecular formula is C14H21N5O3S. The molecule has 0 aliphatic carbocycles. The molecule has 0 spiro atoms. The second-order valence-electron chi connectivity index (χ2n) is 5.63. The zero-order valence-corrected chi connectivity index (χ0v) is 13.9. The molecule has 3 rings (SSSR count). The van der Waals surface area contributed by atoms with Crippen molar-refractivity contribution in [2.45, 2.75) is 18.7 Å². The third kappa shape index (κ3) is 3.72. The maximum atomic E-state index is 12.2. The monoisotopic (exact) mass is 339 g/mol. The first-order valence-electron chi connectivity index (χ1n) is 7.68. The summed E-state index contributed by atoms with van der Waals surface area (Å²) in [6.45, 7) is 4.63. The van der Waals surface area contributed by atoms with Crippen LogP contribution in [0.4, 0.5) is 9.59 Å². The minimum atomic E-state index is -0.264. The summed E-state index contributed by atoms with van der Waals surface area (Å²) in [5, 5.41) is 2.93. The highest BCUT2D eigenvalue weighted by Crippen LogP contribution is 2.17. The van der Waals surface area contributed by atoms with Gasteiger partial charge in [0.2, 0.25) is 0 Å². The average molecular weight is 339 g/mol. The summed E-state index contributed by atoms with van der Waals surface area (Å²) < 4.78 is 5.00. The number of hydrogen-bond acceptors (Lipinski definition) is 5. The molecule has 3 heterocycles. The SMILES string of the molecule is Cc1[nH]cnc1CSCCNC(=O)N1CCN2C(=O)OCC2C1. The number of amides is 3. The zero-order valence-electron chi connectivity index (χ0n) is 13.1. The van der Waals surface area contributed by atoms with Crippen LogP contribution in [0.1, 0.15) is 11.4 Å². The van der Waals surface area contributed by atoms with Crippen LogP contribution in [0.3, 0.4) is 0 Å². The standard InChI is InChI=1S/C14H21N5O3S/c1-10-12(17-9-16-10)8-23-5-2-15-13(20)18-3-4-19-11(6-18)7-22-14(19)21/h9,11H,2-8H2,1H3,(H,15,20)(H,16,17). The predicted octanol–water partition coefficient (Wildman–Crippen LogP) is 0.797. The summed E-state index contributed by atoms with van der Waals surface area (Å²) in [6, 6.07) is -0.0698. The fourth-order valence-corrected chi connectivity index (χ4v) is 3.59. The first-order valence-corrected chi connectivity index (χ1v) is 8.83. The van der Waals surface area contributed by atoms with Crippen molar-refractivity contribution in [3.05, 3.63) is 17.7 Å². The minimum absolute atomic E-state index is 0.000912. The van der Waals surface area contributed by atoms with Crippen molar-refractivity contribution in [1.82, 2.24) is 25.1 Å². The van der Waals surface area contributed by atoms with E-state index in [1.807, 2.05) is 6.92 Å². The normalized spacial score (nSPS) is 20.4. The molecule has 9 heteroatoms. The number of urea groups is 1. The number of aromatic amines is 1. The summed E-state index contributed by atoms with van der Waals surface area (Å²) in [4.78, 5) is 34.3. The van der Waals surface area contributed by atoms with Gasteiger partial charge >= 0.3 is 12.1 Å². The third-order valence-corrected chi connectivity index (χ3v) is 5.07. The average Bonchev–Trinajstić information content (AvgIpc) is 3.13. The first-order chi connectivity index (χ1) is 11.1. The fraction of sp³-hybridized carbons (Fsp3) is 0.643. The highest BCUT2D eigenvalue weighted by Gasteiger charge is 2.38. The van der Waals surface area contributed by atoms with Crippen LogP contribution in [0.2, 0.25) is 0 Å². The third-order valence-electron chi connectivity index (χ3n) is 4.10. The van der Waals surface area contributed by atoms with Gasteiger partial charge < -0.3 is 19.9 Å². The number of thioether (sulfide) groups is 1. The molecule has 2 fully saturated rings. The molecule has 3 amide bonds. The second kappa shape index (κ2) is 7.12. The molecule has 0 radical (unpaired) electrons. The van der Waals surface area contributed by atoms with Crippen molar-refractivity contribution in [2.24, 2.45) is 0 Å². The van der Waals surface area contributed by atoms with Gasteiger partial charge in [-0.05, 0) is 6.92 Å². The van der Waals surface area contributed by atoms with Crippen LogP contribution in [-0.4, -0.2) is 76.5 Å². The number of fused-ring (bicyclic) bond motifs is 1. The molecule has 2 N–H and O–H groups in total. The van der Waals surface area contributed by atoms with Gasteiger partial charge in [-0.2, -0.15) is 11.8 Å². The van der Waals surface area contributed by atoms with Crippen LogP contribution in [0.5, 0.6) is 0 Å². The Labute approximate surface area is 138 Å². The van der Waals surface area contributed by atoms with Crippen molar-refractivity contribution in [2.75, 3.05) is 38.5 Å². The maximum Gasteiger partial charge on any atom is 0.410 e. The van der Waals surface area contributed by atoms with Gasteiger partial charge in [0.1, 0.15) is 6.61 Å². The smallest absolute Gasteiger partial charge is 0.410 e. The number of cyclic esters (lactones) is 1. The molecule has 0 aromatic carbocycles. The van der Waals surface area contributed by atoms with Gasteiger partial charge in [0.25, 0.3) is 0 Å². The number of carbonyl (C=O) groups excluding carboxylic acids is 2. The highest BCUT2D eigenvalue weighted by atomic mass is 32.2. The molecule has 0 bridgehead atoms. The van der Waals surface area contributed by atoms with Gasteiger partial charge in [-0.1, -0.05) is 0 Å². The van der Waals surface area contributed by atoms with Crippen LogP contribution < -0.4 is 5.32 Å². The van der Waals surface area contributed by atoms with E-state index in [9.17, 15) is 9.59 Å². The Balaban J connectivity index is 1.34. The largest absolute Gasteiger partial charge is 0.447 e. The number of rotatable bonds is 5. The molecule has 126 valence electrons. The highest BCUT2D eigenvalue weighted by molar-refractivity contribution is 7.98. The van der Waals surface area contributed by atoms with Gasteiger partial charge in [-0.15, -0.1) is 0 Å². The van der Waals surface area contributed by atoms with Gasteiger partial charge in [0.05, 0.1) is 18.1 Å². The summed E-state index contributed by atoms with van der Waals surface area (Å²) in [5.41, 5.74) is 2.15. The number of aromatic nitrogens is 2. The Kier molecular flexibility index (Phi) is 4.94. The number of imidazole rings is 1. The molecule has 0 saturated carbocycles. The number of hydrogen-bond donors (Lipinski definition) is 2. The minimum Gasteiger partial charge on any atom is -0.447 e. The lowest BCUT2D eigenvalue weighted by molar-refractivity contribution is 0.127. The molecular weight excluding hydrogens is 318 g/mol. The number of piperazine rings is 1. The number of aryl methyl sites for hydroxylation is 1. The van der Waals surface area contributed by atoms with Gasteiger partial charge in [-0.25, -0.2) is 14.6 Å². The van der Waals surface area contributed by atoms with Gasteiger partial charge in [0.15, 0.2) is 0 Å². The van der Waals surface area contributed by atoms with E-state index in [2.05, 4.69) is 15.3 Å². The Bertz CT molecular complexity index is 579. The van der Waals surface area contributed by atoms with Crippen LogP contribution in [-0.2, 0) is 10.5 Å². The van der Waals surface area contributed by atoms with E-state index >= 15 is 0 Å². The van der Waals surface area contributed by atoms with E-state index < -0.39 is 0 Å². The molecule has 2 saturated heterocycles. The molecule has 2 aliphatic heterocycles. The number of nitrogens with zero attached hydrogens (tertiary/aromatic N) is 3. The Morgan fingerprint density at radius 1 is 1.57 bits per heavy atom. The number of ether oxygens (including phenoxy) is 1. The summed E-state index contributed by atoms with van der Waals surface area (Å²) in [6.07, 6.45) is 1.43. The molecule has 23 heavy (non-hydrogen) atoms. The van der Waals surface area contributed by atoms with E-state index in [0.717, 1.165) is 22.9 Å². The first kappa shape index (κ1) is 16.0. The van der Waals surface area contributed by atoms with E-state index in [0.29, 0.717) is 32.8 Å². The number of nitrogens with one attached hydrogen (secondary N) is 2. The quantitative estimate of drug-likeness (QED) is 0.774. The van der Waals surface area contributed by atoms with E-state index in [1.165, 1.54) is 0 Å². The van der Waals surface area contributed by atoms with Gasteiger partial charge in [-0.3, -0.25) is 4.90 Å².